The lowest BCUT2D eigenvalue weighted by Crippen LogP contribution is -2.63. The van der Waals surface area contributed by atoms with Gasteiger partial charge in [0, 0.05) is 25.8 Å². The minimum absolute atomic E-state index is 0.0463. The molecule has 0 aromatic heterocycles. The van der Waals surface area contributed by atoms with Crippen molar-refractivity contribution < 1.29 is 38.0 Å². The molecule has 0 radical (unpaired) electrons. The first kappa shape index (κ1) is 19.9. The van der Waals surface area contributed by atoms with Crippen LogP contribution in [0.2, 0.25) is 0 Å². The summed E-state index contributed by atoms with van der Waals surface area (Å²) >= 11 is 6.13. The van der Waals surface area contributed by atoms with E-state index >= 15 is 0 Å². The van der Waals surface area contributed by atoms with E-state index in [2.05, 4.69) is 0 Å². The predicted molar refractivity (Wildman–Crippen MR) is 94.9 cm³/mol. The maximum absolute atomic E-state index is 11.8. The molecule has 1 saturated carbocycles. The fraction of sp³-hybridized carbons (Fsp3) is 0.789. The van der Waals surface area contributed by atoms with Gasteiger partial charge in [-0.25, -0.2) is 0 Å². The minimum atomic E-state index is -0.972. The maximum atomic E-state index is 11.8. The normalized spacial score (nSPS) is 46.6. The van der Waals surface area contributed by atoms with Crippen LogP contribution < -0.4 is 0 Å². The molecule has 3 heterocycles. The van der Waals surface area contributed by atoms with Crippen LogP contribution in [0.3, 0.4) is 0 Å². The van der Waals surface area contributed by atoms with Gasteiger partial charge in [-0.3, -0.25) is 9.59 Å². The molecular weight excluding hydrogens is 392 g/mol. The van der Waals surface area contributed by atoms with Crippen molar-refractivity contribution in [3.8, 4) is 0 Å². The number of fused-ring (bicyclic) bond motifs is 2. The second kappa shape index (κ2) is 6.32. The van der Waals surface area contributed by atoms with Gasteiger partial charge in [0.25, 0.3) is 0 Å². The molecule has 156 valence electrons. The summed E-state index contributed by atoms with van der Waals surface area (Å²) in [5.41, 5.74) is -0.434. The largest absolute Gasteiger partial charge is 0.484 e. The van der Waals surface area contributed by atoms with Crippen LogP contribution in [-0.4, -0.2) is 54.5 Å². The van der Waals surface area contributed by atoms with Crippen LogP contribution >= 0.6 is 11.6 Å². The van der Waals surface area contributed by atoms with E-state index in [9.17, 15) is 9.59 Å². The van der Waals surface area contributed by atoms with Crippen LogP contribution in [0.25, 0.3) is 0 Å². The van der Waals surface area contributed by atoms with Crippen LogP contribution in [0.1, 0.15) is 41.0 Å². The Hall–Kier alpha value is -1.35. The smallest absolute Gasteiger partial charge is 0.302 e. The lowest BCUT2D eigenvalue weighted by molar-refractivity contribution is -0.248. The van der Waals surface area contributed by atoms with Gasteiger partial charge in [0.05, 0.1) is 17.9 Å². The van der Waals surface area contributed by atoms with Gasteiger partial charge in [-0.2, -0.15) is 0 Å². The van der Waals surface area contributed by atoms with E-state index in [4.69, 9.17) is 40.0 Å². The Kier molecular flexibility index (Phi) is 4.50. The summed E-state index contributed by atoms with van der Waals surface area (Å²) in [7, 11) is 0. The molecule has 4 rings (SSSR count). The highest BCUT2D eigenvalue weighted by Crippen LogP contribution is 2.66. The third kappa shape index (κ3) is 2.61. The van der Waals surface area contributed by atoms with Crippen LogP contribution in [-0.2, 0) is 38.0 Å². The Labute approximate surface area is 168 Å². The van der Waals surface area contributed by atoms with E-state index < -0.39 is 59.3 Å². The highest BCUT2D eigenvalue weighted by molar-refractivity contribution is 6.25. The molecule has 4 aliphatic rings. The molecule has 0 unspecified atom stereocenters. The molecular formula is C19H25ClO8. The molecule has 28 heavy (non-hydrogen) atoms. The maximum Gasteiger partial charge on any atom is 0.302 e. The summed E-state index contributed by atoms with van der Waals surface area (Å²) in [5, 5.41) is 0. The molecule has 0 aromatic carbocycles. The fourth-order valence-corrected chi connectivity index (χ4v) is 5.50. The molecule has 3 aliphatic heterocycles. The minimum Gasteiger partial charge on any atom is -0.484 e. The Morgan fingerprint density at radius 2 is 1.93 bits per heavy atom. The van der Waals surface area contributed by atoms with E-state index in [1.807, 2.05) is 6.92 Å². The molecule has 3 saturated heterocycles. The van der Waals surface area contributed by atoms with Gasteiger partial charge < -0.3 is 28.4 Å². The van der Waals surface area contributed by atoms with E-state index in [1.54, 1.807) is 13.8 Å². The predicted octanol–water partition coefficient (Wildman–Crippen LogP) is 2.23. The van der Waals surface area contributed by atoms with Crippen molar-refractivity contribution in [3.63, 3.8) is 0 Å². The number of carbonyl (C=O) groups excluding carboxylic acids is 2. The highest BCUT2D eigenvalue weighted by Gasteiger charge is 2.79. The third-order valence-corrected chi connectivity index (χ3v) is 6.55. The van der Waals surface area contributed by atoms with Crippen molar-refractivity contribution in [3.05, 3.63) is 11.3 Å². The van der Waals surface area contributed by atoms with E-state index in [0.29, 0.717) is 12.2 Å². The monoisotopic (exact) mass is 416 g/mol. The van der Waals surface area contributed by atoms with Crippen LogP contribution in [0, 0.1) is 11.3 Å². The van der Waals surface area contributed by atoms with Gasteiger partial charge in [0.1, 0.15) is 18.0 Å². The number of hydrogen-bond donors (Lipinski definition) is 0. The number of esters is 2. The van der Waals surface area contributed by atoms with Gasteiger partial charge in [-0.05, 0) is 20.8 Å². The molecule has 2 bridgehead atoms. The first-order chi connectivity index (χ1) is 13.0. The van der Waals surface area contributed by atoms with Gasteiger partial charge in [0.15, 0.2) is 23.8 Å². The molecule has 8 nitrogen and oxygen atoms in total. The SMILES string of the molecule is CC(=O)OC[C@@H]1[C@]2(C)/C(=C/Cl)O[C@@]13[C@@H](C[C@@H]2OC(C)=O)O[C@@H]1OC(C)(C)O[C@@H]13. The van der Waals surface area contributed by atoms with Crippen LogP contribution in [0.15, 0.2) is 11.3 Å². The Morgan fingerprint density at radius 1 is 1.21 bits per heavy atom. The summed E-state index contributed by atoms with van der Waals surface area (Å²) in [4.78, 5) is 23.4. The van der Waals surface area contributed by atoms with Crippen LogP contribution in [0.4, 0.5) is 0 Å². The number of hydrogen-bond acceptors (Lipinski definition) is 8. The van der Waals surface area contributed by atoms with Crippen molar-refractivity contribution in [2.75, 3.05) is 6.61 Å². The second-order valence-corrected chi connectivity index (χ2v) is 8.67. The lowest BCUT2D eigenvalue weighted by Gasteiger charge is -2.47. The molecule has 0 N–H and O–H groups in total. The highest BCUT2D eigenvalue weighted by atomic mass is 35.5. The van der Waals surface area contributed by atoms with E-state index in [0.717, 1.165) is 0 Å². The lowest BCUT2D eigenvalue weighted by atomic mass is 9.59. The van der Waals surface area contributed by atoms with Crippen molar-refractivity contribution in [2.45, 2.75) is 77.0 Å². The summed E-state index contributed by atoms with van der Waals surface area (Å²) in [5.74, 6) is -1.64. The summed E-state index contributed by atoms with van der Waals surface area (Å²) in [6, 6.07) is 0. The Morgan fingerprint density at radius 3 is 2.54 bits per heavy atom. The average Bonchev–Trinajstić information content (AvgIpc) is 3.10. The zero-order chi connectivity index (χ0) is 20.5. The number of ether oxygens (including phenoxy) is 6. The molecule has 7 atom stereocenters. The molecule has 9 heteroatoms. The average molecular weight is 417 g/mol. The zero-order valence-corrected chi connectivity index (χ0v) is 17.3. The molecule has 0 amide bonds. The van der Waals surface area contributed by atoms with Crippen LogP contribution in [0.5, 0.6) is 0 Å². The number of halogens is 1. The van der Waals surface area contributed by atoms with Gasteiger partial charge in [-0.1, -0.05) is 11.6 Å². The summed E-state index contributed by atoms with van der Waals surface area (Å²) < 4.78 is 35.7. The van der Waals surface area contributed by atoms with Crippen molar-refractivity contribution in [1.82, 2.24) is 0 Å². The first-order valence-corrected chi connectivity index (χ1v) is 9.79. The molecule has 4 fully saturated rings. The topological polar surface area (TPSA) is 89.5 Å². The standard InChI is InChI=1S/C19H25ClO8/c1-9(21)23-8-11-18(5)12(24-10(2)22)6-13-19(11,26-14(18)7-20)15-16(25-13)28-17(3,4)27-15/h7,11-13,15-16H,6,8H2,1-5H3/b14-7-/t11-,12+,13-,15+,16-,18+,19-/m1/s1. The third-order valence-electron chi connectivity index (χ3n) is 6.35. The molecule has 1 spiro atoms. The van der Waals surface area contributed by atoms with E-state index in [-0.39, 0.29) is 6.61 Å². The Bertz CT molecular complexity index is 735. The van der Waals surface area contributed by atoms with Gasteiger partial charge in [0.2, 0.25) is 0 Å². The van der Waals surface area contributed by atoms with Gasteiger partial charge >= 0.3 is 11.9 Å². The van der Waals surface area contributed by atoms with Crippen molar-refractivity contribution in [2.24, 2.45) is 11.3 Å². The number of rotatable bonds is 3. The second-order valence-electron chi connectivity index (χ2n) is 8.45. The Balaban J connectivity index is 1.81. The number of carbonyl (C=O) groups is 2. The summed E-state index contributed by atoms with van der Waals surface area (Å²) in [6.45, 7) is 8.26. The summed E-state index contributed by atoms with van der Waals surface area (Å²) in [6.07, 6.45) is -1.84. The quantitative estimate of drug-likeness (QED) is 0.647. The fourth-order valence-electron chi connectivity index (χ4n) is 5.22. The van der Waals surface area contributed by atoms with Crippen molar-refractivity contribution in [1.29, 1.82) is 0 Å². The van der Waals surface area contributed by atoms with Crippen molar-refractivity contribution >= 4 is 23.5 Å². The van der Waals surface area contributed by atoms with E-state index in [1.165, 1.54) is 19.4 Å². The molecule has 1 aliphatic carbocycles. The zero-order valence-electron chi connectivity index (χ0n) is 16.5. The first-order valence-electron chi connectivity index (χ1n) is 9.36. The molecule has 0 aromatic rings. The van der Waals surface area contributed by atoms with Gasteiger partial charge in [-0.15, -0.1) is 0 Å².